The third-order valence-electron chi connectivity index (χ3n) is 16.0. The third-order valence-corrected chi connectivity index (χ3v) is 18.3. The van der Waals surface area contributed by atoms with Crippen LogP contribution in [-0.4, -0.2) is 0 Å². The van der Waals surface area contributed by atoms with Gasteiger partial charge in [-0.3, -0.25) is 0 Å². The molecule has 0 amide bonds. The highest BCUT2D eigenvalue weighted by atomic mass is 32.1. The van der Waals surface area contributed by atoms with Gasteiger partial charge in [-0.2, -0.15) is 0 Å². The zero-order chi connectivity index (χ0) is 48.7. The molecule has 0 bridgehead atoms. The average molecular weight is 983 g/mol. The van der Waals surface area contributed by atoms with E-state index in [1.165, 1.54) is 124 Å². The lowest BCUT2D eigenvalue weighted by atomic mass is 9.84. The molecule has 2 aromatic heterocycles. The van der Waals surface area contributed by atoms with Gasteiger partial charge < -0.3 is 9.80 Å². The largest absolute Gasteiger partial charge is 0.337 e. The summed E-state index contributed by atoms with van der Waals surface area (Å²) in [6, 6.07) is 80.7. The van der Waals surface area contributed by atoms with E-state index >= 15 is 0 Å². The highest BCUT2D eigenvalue weighted by molar-refractivity contribution is 7.26. The summed E-state index contributed by atoms with van der Waals surface area (Å²) in [6.07, 6.45) is 17.0. The maximum absolute atomic E-state index is 2.67. The Balaban J connectivity index is 1.04. The topological polar surface area (TPSA) is 6.48 Å². The highest BCUT2D eigenvalue weighted by Gasteiger charge is 2.34. The zero-order valence-electron chi connectivity index (χ0n) is 40.7. The number of allylic oxidation sites excluding steroid dienone is 4. The highest BCUT2D eigenvalue weighted by Crippen LogP contribution is 2.52. The molecule has 74 heavy (non-hydrogen) atoms. The van der Waals surface area contributed by atoms with E-state index in [0.717, 1.165) is 19.3 Å². The second kappa shape index (κ2) is 17.7. The fourth-order valence-electron chi connectivity index (χ4n) is 12.7. The minimum atomic E-state index is 0.146. The molecule has 0 radical (unpaired) electrons. The van der Waals surface area contributed by atoms with Gasteiger partial charge in [0.05, 0.1) is 12.1 Å². The minimum Gasteiger partial charge on any atom is -0.337 e. The van der Waals surface area contributed by atoms with E-state index in [9.17, 15) is 0 Å². The van der Waals surface area contributed by atoms with Gasteiger partial charge in [-0.05, 0) is 140 Å². The number of benzene rings is 10. The molecule has 0 spiro atoms. The molecule has 4 heterocycles. The van der Waals surface area contributed by atoms with Gasteiger partial charge in [0.15, 0.2) is 0 Å². The smallest absolute Gasteiger partial charge is 0.0626 e. The van der Waals surface area contributed by atoms with Gasteiger partial charge in [0.2, 0.25) is 0 Å². The van der Waals surface area contributed by atoms with Crippen molar-refractivity contribution in [2.45, 2.75) is 31.3 Å². The normalized spacial score (nSPS) is 17.7. The van der Waals surface area contributed by atoms with Crippen LogP contribution in [0.25, 0.3) is 89.8 Å². The van der Waals surface area contributed by atoms with Crippen molar-refractivity contribution in [3.63, 3.8) is 0 Å². The fourth-order valence-corrected chi connectivity index (χ4v) is 14.8. The molecule has 0 saturated carbocycles. The lowest BCUT2D eigenvalue weighted by Crippen LogP contribution is -2.27. The molecule has 4 heteroatoms. The van der Waals surface area contributed by atoms with Crippen LogP contribution in [0.3, 0.4) is 0 Å². The van der Waals surface area contributed by atoms with Gasteiger partial charge >= 0.3 is 0 Å². The first-order chi connectivity index (χ1) is 36.7. The van der Waals surface area contributed by atoms with Crippen molar-refractivity contribution in [3.05, 3.63) is 271 Å². The zero-order valence-corrected chi connectivity index (χ0v) is 42.4. The van der Waals surface area contributed by atoms with Crippen LogP contribution in [0.4, 0.5) is 11.4 Å². The summed E-state index contributed by atoms with van der Waals surface area (Å²) in [5, 5.41) is 10.3. The van der Waals surface area contributed by atoms with Gasteiger partial charge in [-0.1, -0.05) is 188 Å². The molecule has 2 aliphatic heterocycles. The van der Waals surface area contributed by atoms with E-state index in [1.807, 2.05) is 22.7 Å². The van der Waals surface area contributed by atoms with E-state index in [0.29, 0.717) is 5.92 Å². The molecule has 352 valence electrons. The predicted molar refractivity (Wildman–Crippen MR) is 320 cm³/mol. The summed E-state index contributed by atoms with van der Waals surface area (Å²) in [7, 11) is 0. The first-order valence-electron chi connectivity index (χ1n) is 26.0. The lowest BCUT2D eigenvalue weighted by Gasteiger charge is -2.34. The summed E-state index contributed by atoms with van der Waals surface area (Å²) < 4.78 is 5.26. The minimum absolute atomic E-state index is 0.146. The monoisotopic (exact) mass is 982 g/mol. The predicted octanol–water partition coefficient (Wildman–Crippen LogP) is 20.0. The quantitative estimate of drug-likeness (QED) is 0.140. The van der Waals surface area contributed by atoms with Crippen LogP contribution in [0.5, 0.6) is 0 Å². The lowest BCUT2D eigenvalue weighted by molar-refractivity contribution is 0.669. The maximum Gasteiger partial charge on any atom is 0.0626 e. The summed E-state index contributed by atoms with van der Waals surface area (Å²) in [5.74, 6) is 0.302. The molecule has 3 aliphatic rings. The number of thiophene rings is 2. The maximum atomic E-state index is 2.67. The Hall–Kier alpha value is -8.28. The van der Waals surface area contributed by atoms with E-state index in [4.69, 9.17) is 0 Å². The standard InChI is InChI=1S/C70H50N2S2/c1-5-17-45(18-6-1)61-35-36-62(46-19-7-2-8-20-46)71(61)51-31-33-55-59(43-51)69(49-29-39-67-57(41-49)53-25-13-15-27-65(53)73-67)56-34-32-52(72-63(47-21-9-3-10-22-47)37-38-64(72)48-23-11-4-12-24-48)44-60(56)70(55)50-30-40-68-58(42-50)54-26-14-16-28-66(54)74-68/h1-23,25-35,38-44,48,62-63H,24,36-37H2. The number of anilines is 2. The van der Waals surface area contributed by atoms with Gasteiger partial charge in [0.25, 0.3) is 0 Å². The Labute approximate surface area is 439 Å². The van der Waals surface area contributed by atoms with Crippen molar-refractivity contribution in [3.8, 4) is 22.3 Å². The van der Waals surface area contributed by atoms with Gasteiger partial charge in [-0.15, -0.1) is 22.7 Å². The summed E-state index contributed by atoms with van der Waals surface area (Å²) in [6.45, 7) is 0. The van der Waals surface area contributed by atoms with Crippen molar-refractivity contribution in [2.75, 3.05) is 9.80 Å². The molecule has 3 atom stereocenters. The van der Waals surface area contributed by atoms with E-state index in [2.05, 4.69) is 259 Å². The van der Waals surface area contributed by atoms with E-state index in [1.54, 1.807) is 0 Å². The number of hydrogen-bond donors (Lipinski definition) is 0. The summed E-state index contributed by atoms with van der Waals surface area (Å²) in [4.78, 5) is 5.28. The molecule has 3 unspecified atom stereocenters. The number of nitrogens with zero attached hydrogens (tertiary/aromatic N) is 2. The van der Waals surface area contributed by atoms with Crippen molar-refractivity contribution < 1.29 is 0 Å². The summed E-state index contributed by atoms with van der Waals surface area (Å²) >= 11 is 3.77. The van der Waals surface area contributed by atoms with Crippen LogP contribution in [0.15, 0.2) is 254 Å². The Morgan fingerprint density at radius 1 is 0.351 bits per heavy atom. The molecule has 0 fully saturated rings. The number of fused-ring (bicyclic) bond motifs is 8. The van der Waals surface area contributed by atoms with Crippen molar-refractivity contribution >= 4 is 102 Å². The van der Waals surface area contributed by atoms with Crippen LogP contribution in [0.1, 0.15) is 48.0 Å². The second-order valence-electron chi connectivity index (χ2n) is 20.1. The Morgan fingerprint density at radius 2 is 0.851 bits per heavy atom. The first-order valence-corrected chi connectivity index (χ1v) is 27.7. The van der Waals surface area contributed by atoms with Crippen molar-refractivity contribution in [1.82, 2.24) is 0 Å². The van der Waals surface area contributed by atoms with Crippen molar-refractivity contribution in [1.29, 1.82) is 0 Å². The van der Waals surface area contributed by atoms with E-state index < -0.39 is 0 Å². The van der Waals surface area contributed by atoms with Gasteiger partial charge in [0, 0.05) is 69.0 Å². The molecule has 0 N–H and O–H groups in total. The third kappa shape index (κ3) is 7.11. The number of rotatable bonds is 8. The molecule has 2 nitrogen and oxygen atoms in total. The Bertz CT molecular complexity index is 4310. The molecular weight excluding hydrogens is 933 g/mol. The van der Waals surface area contributed by atoms with Crippen LogP contribution >= 0.6 is 22.7 Å². The Kier molecular flexibility index (Phi) is 10.4. The van der Waals surface area contributed by atoms with Crippen LogP contribution in [0, 0.1) is 5.92 Å². The van der Waals surface area contributed by atoms with Gasteiger partial charge in [-0.25, -0.2) is 0 Å². The first kappa shape index (κ1) is 43.3. The summed E-state index contributed by atoms with van der Waals surface area (Å²) in [5.41, 5.74) is 13.9. The molecule has 15 rings (SSSR count). The Morgan fingerprint density at radius 3 is 1.42 bits per heavy atom. The molecular formula is C70H50N2S2. The number of hydrogen-bond acceptors (Lipinski definition) is 4. The molecule has 1 aliphatic carbocycles. The second-order valence-corrected chi connectivity index (χ2v) is 22.3. The van der Waals surface area contributed by atoms with Crippen LogP contribution in [-0.2, 0) is 0 Å². The van der Waals surface area contributed by atoms with Crippen molar-refractivity contribution in [2.24, 2.45) is 5.92 Å². The fraction of sp³-hybridized carbons (Fsp3) is 0.0857. The van der Waals surface area contributed by atoms with E-state index in [-0.39, 0.29) is 12.1 Å². The molecule has 0 saturated heterocycles. The van der Waals surface area contributed by atoms with Gasteiger partial charge in [0.1, 0.15) is 0 Å². The molecule has 10 aromatic carbocycles. The SMILES string of the molecule is C1=CCC(C2=CCC(c3ccccc3)N2c2ccc3c(-c4ccc5sc6ccccc6c5c4)c4cc(N5C(c6ccccc6)=CCC5c5ccccc5)ccc4c(-c4ccc5sc6ccccc6c5c4)c3c2)C=C1. The van der Waals surface area contributed by atoms with Crippen LogP contribution < -0.4 is 9.80 Å². The average Bonchev–Trinajstić information content (AvgIpc) is 4.30. The van der Waals surface area contributed by atoms with Crippen LogP contribution in [0.2, 0.25) is 0 Å². The molecule has 12 aromatic rings.